The number of hydrogen-bond acceptors (Lipinski definition) is 13. The van der Waals surface area contributed by atoms with E-state index in [1.165, 1.54) is 13.2 Å². The maximum atomic E-state index is 15.3. The Morgan fingerprint density at radius 3 is 2.30 bits per heavy atom. The quantitative estimate of drug-likeness (QED) is 0.0178. The van der Waals surface area contributed by atoms with Gasteiger partial charge in [-0.2, -0.15) is 0 Å². The molecule has 3 unspecified atom stereocenters. The molecule has 347 valence electrons. The second-order valence-electron chi connectivity index (χ2n) is 15.6. The second-order valence-corrected chi connectivity index (χ2v) is 17.2. The fourth-order valence-electron chi connectivity index (χ4n) is 8.04. The van der Waals surface area contributed by atoms with Crippen LogP contribution in [0.5, 0.6) is 0 Å². The summed E-state index contributed by atoms with van der Waals surface area (Å²) in [4.78, 5) is 130. The van der Waals surface area contributed by atoms with Gasteiger partial charge in [-0.05, 0) is 54.5 Å². The molecule has 0 spiro atoms. The van der Waals surface area contributed by atoms with E-state index in [1.54, 1.807) is 17.6 Å². The summed E-state index contributed by atoms with van der Waals surface area (Å²) in [5, 5.41) is 15.5. The Hall–Kier alpha value is -6.28. The number of carbonyl (C=O) groups is 9. The fourth-order valence-corrected chi connectivity index (χ4v) is 9.16. The van der Waals surface area contributed by atoms with Gasteiger partial charge >= 0.3 is 181 Å². The maximum absolute atomic E-state index is 15.3. The van der Waals surface area contributed by atoms with Crippen molar-refractivity contribution < 1.29 is 57.0 Å². The van der Waals surface area contributed by atoms with Gasteiger partial charge in [-0.3, -0.25) is 14.4 Å². The SMILES string of the molecule is CCC(C=O)c1cc2n(c(=O)c1COC)Cc1c-2nc2cc(F)c(C)c3c2c1C(NC(=O)COCNC(=O)CNC(=O)C([CH2][Pb])NC(=O)CNC(=O)CNC(=O)CN1C(=O)C=CC1=O)CC3. The molecule has 0 bridgehead atoms. The molecule has 1 aliphatic carbocycles. The molecule has 66 heavy (non-hydrogen) atoms. The number of carbonyl (C=O) groups excluding carboxylic acids is 9. The number of aryl methyl sites for hydroxylation is 1. The topological polar surface area (TPSA) is 282 Å². The van der Waals surface area contributed by atoms with Crippen LogP contribution in [0, 0.1) is 12.7 Å². The van der Waals surface area contributed by atoms with Crippen molar-refractivity contribution in [3.05, 3.63) is 73.8 Å². The fraction of sp³-hybridized carbons (Fsp3) is 0.419. The molecule has 21 nitrogen and oxygen atoms in total. The number of aromatic nitrogens is 2. The van der Waals surface area contributed by atoms with Crippen LogP contribution in [0.2, 0.25) is 3.98 Å². The summed E-state index contributed by atoms with van der Waals surface area (Å²) in [6.07, 6.45) is 4.12. The van der Waals surface area contributed by atoms with Gasteiger partial charge < -0.3 is 14.1 Å². The summed E-state index contributed by atoms with van der Waals surface area (Å²) in [5.41, 5.74) is 4.48. The predicted molar refractivity (Wildman–Crippen MR) is 231 cm³/mol. The van der Waals surface area contributed by atoms with Gasteiger partial charge in [0.1, 0.15) is 12.1 Å². The van der Waals surface area contributed by atoms with Crippen LogP contribution < -0.4 is 37.5 Å². The normalized spacial score (nSPS) is 15.4. The van der Waals surface area contributed by atoms with Gasteiger partial charge in [-0.1, -0.05) is 6.92 Å². The number of imide groups is 1. The van der Waals surface area contributed by atoms with Gasteiger partial charge in [-0.25, -0.2) is 9.37 Å². The van der Waals surface area contributed by atoms with Crippen LogP contribution >= 0.6 is 0 Å². The van der Waals surface area contributed by atoms with E-state index in [9.17, 15) is 47.9 Å². The molecule has 3 aliphatic rings. The van der Waals surface area contributed by atoms with Crippen LogP contribution in [-0.4, -0.2) is 146 Å². The van der Waals surface area contributed by atoms with E-state index in [0.717, 1.165) is 24.0 Å². The smallest absolute Gasteiger partial charge is 0.269 e. The average Bonchev–Trinajstić information content (AvgIpc) is 3.82. The number of ether oxygens (including phenoxy) is 2. The predicted octanol–water partition coefficient (Wildman–Crippen LogP) is -1.75. The molecule has 0 saturated carbocycles. The molecule has 1 aromatic carbocycles. The molecule has 2 aromatic heterocycles. The zero-order valence-electron chi connectivity index (χ0n) is 36.2. The van der Waals surface area contributed by atoms with Gasteiger partial charge in [0.25, 0.3) is 17.4 Å². The summed E-state index contributed by atoms with van der Waals surface area (Å²) >= 11 is 0.488. The van der Waals surface area contributed by atoms with E-state index in [1.807, 2.05) is 6.92 Å². The van der Waals surface area contributed by atoms with Gasteiger partial charge in [0.05, 0.1) is 36.1 Å². The molecule has 6 N–H and O–H groups in total. The zero-order valence-corrected chi connectivity index (χ0v) is 40.1. The van der Waals surface area contributed by atoms with Crippen molar-refractivity contribution in [3.63, 3.8) is 0 Å². The first-order valence-corrected chi connectivity index (χ1v) is 23.6. The van der Waals surface area contributed by atoms with Crippen molar-refractivity contribution in [1.82, 2.24) is 46.4 Å². The van der Waals surface area contributed by atoms with Crippen molar-refractivity contribution in [1.29, 1.82) is 0 Å². The van der Waals surface area contributed by atoms with Crippen LogP contribution in [-0.2, 0) is 72.2 Å². The van der Waals surface area contributed by atoms with E-state index in [2.05, 4.69) is 31.9 Å². The Morgan fingerprint density at radius 2 is 1.62 bits per heavy atom. The number of amides is 8. The van der Waals surface area contributed by atoms with Crippen LogP contribution in [0.1, 0.15) is 65.1 Å². The molecule has 8 amide bonds. The molecule has 6 rings (SSSR count). The number of fused-ring (bicyclic) bond motifs is 4. The monoisotopic (exact) mass is 1110 g/mol. The molecule has 3 radical (unpaired) electrons. The summed E-state index contributed by atoms with van der Waals surface area (Å²) in [6, 6.07) is 1.54. The Kier molecular flexibility index (Phi) is 16.2. The molecular weight excluding hydrogens is 1060 g/mol. The van der Waals surface area contributed by atoms with E-state index in [4.69, 9.17) is 14.5 Å². The molecule has 3 aromatic rings. The minimum Gasteiger partial charge on any atom is -0.269 e. The Bertz CT molecular complexity index is 2600. The number of methoxy groups -OCH3 is 1. The molecule has 0 saturated heterocycles. The summed E-state index contributed by atoms with van der Waals surface area (Å²) in [6.45, 7) is 0.671. The number of rotatable bonds is 21. The Morgan fingerprint density at radius 1 is 0.939 bits per heavy atom. The molecule has 23 heteroatoms. The van der Waals surface area contributed by atoms with Crippen LogP contribution in [0.25, 0.3) is 22.3 Å². The second kappa shape index (κ2) is 21.8. The molecule has 4 heterocycles. The molecular formula is C43H47FN9O12Pb. The van der Waals surface area contributed by atoms with Crippen LogP contribution in [0.3, 0.4) is 0 Å². The van der Waals surface area contributed by atoms with Crippen molar-refractivity contribution >= 4 is 90.2 Å². The standard InChI is InChI=1S/C43H47FN9O12.Pb/c1-5-23(17-54)25-10-31-41-26(15-52(31)43(63)27(25)18-64-4)40-29(7-6-24-21(2)28(44)11-30(51-41)39(24)40)50-36(59)19-65-20-48-33(56)13-47-42(62)22(3)49-34(57)14-45-32(55)12-46-35(58)16-53-37(60)8-9-38(53)61;/h8-11,17,22-23,29H,3,5-7,12-16,18-20H2,1-2,4H3,(H,45,55)(H,46,58)(H,47,62)(H,48,56)(H,49,57)(H,50,59);. The van der Waals surface area contributed by atoms with E-state index in [0.29, 0.717) is 100 Å². The van der Waals surface area contributed by atoms with E-state index >= 15 is 4.39 Å². The molecule has 3 atom stereocenters. The average molecular weight is 1110 g/mol. The number of hydrogen-bond donors (Lipinski definition) is 6. The van der Waals surface area contributed by atoms with E-state index in [-0.39, 0.29) is 29.4 Å². The zero-order chi connectivity index (χ0) is 47.8. The third-order valence-electron chi connectivity index (χ3n) is 11.4. The van der Waals surface area contributed by atoms with Gasteiger partial charge in [-0.15, -0.1) is 0 Å². The summed E-state index contributed by atoms with van der Waals surface area (Å²) in [7, 11) is 1.47. The van der Waals surface area contributed by atoms with Crippen molar-refractivity contribution in [3.8, 4) is 11.4 Å². The first kappa shape index (κ1) is 49.2. The van der Waals surface area contributed by atoms with Crippen LogP contribution in [0.4, 0.5) is 4.39 Å². The minimum absolute atomic E-state index is 0.00542. The van der Waals surface area contributed by atoms with E-state index < -0.39 is 104 Å². The number of nitrogens with zero attached hydrogens (tertiary/aromatic N) is 3. The first-order chi connectivity index (χ1) is 31.6. The first-order valence-electron chi connectivity index (χ1n) is 20.9. The summed E-state index contributed by atoms with van der Waals surface area (Å²) in [5.74, 6) is -6.38. The number of nitrogens with one attached hydrogen (secondary N) is 6. The number of benzene rings is 1. The molecule has 0 fully saturated rings. The number of pyridine rings is 2. The van der Waals surface area contributed by atoms with Crippen molar-refractivity contribution in [2.24, 2.45) is 0 Å². The number of aldehydes is 1. The third-order valence-corrected chi connectivity index (χ3v) is 13.0. The third kappa shape index (κ3) is 10.9. The minimum atomic E-state index is -1.01. The van der Waals surface area contributed by atoms with Crippen molar-refractivity contribution in [2.75, 3.05) is 46.6 Å². The van der Waals surface area contributed by atoms with Gasteiger partial charge in [0, 0.05) is 47.8 Å². The summed E-state index contributed by atoms with van der Waals surface area (Å²) < 4.78 is 27.9. The van der Waals surface area contributed by atoms with Crippen molar-refractivity contribution in [2.45, 2.75) is 68.2 Å². The van der Waals surface area contributed by atoms with Crippen LogP contribution in [0.15, 0.2) is 29.1 Å². The molecule has 2 aliphatic heterocycles. The number of halogens is 1. The van der Waals surface area contributed by atoms with Gasteiger partial charge in [0.15, 0.2) is 0 Å². The Labute approximate surface area is 392 Å². The Balaban J connectivity index is 0.989. The van der Waals surface area contributed by atoms with Gasteiger partial charge in [0.2, 0.25) is 0 Å².